The summed E-state index contributed by atoms with van der Waals surface area (Å²) in [5, 5.41) is 4.13. The van der Waals surface area contributed by atoms with E-state index in [0.29, 0.717) is 0 Å². The number of nitrogens with one attached hydrogen (secondary N) is 1. The van der Waals surface area contributed by atoms with E-state index in [0.717, 1.165) is 28.4 Å². The van der Waals surface area contributed by atoms with Crippen LogP contribution in [0.3, 0.4) is 0 Å². The first-order chi connectivity index (χ1) is 10.1. The van der Waals surface area contributed by atoms with Crippen LogP contribution < -0.4 is 10.1 Å². The average Bonchev–Trinajstić information content (AvgIpc) is 2.50. The topological polar surface area (TPSA) is 21.3 Å². The molecule has 0 aromatic heterocycles. The van der Waals surface area contributed by atoms with Crippen LogP contribution >= 0.6 is 11.6 Å². The fraction of sp³-hybridized carbons (Fsp3) is 0.333. The minimum atomic E-state index is -0.0000444. The van der Waals surface area contributed by atoms with Crippen LogP contribution in [0.4, 0.5) is 0 Å². The number of benzene rings is 2. The lowest BCUT2D eigenvalue weighted by molar-refractivity contribution is 0.223. The van der Waals surface area contributed by atoms with Crippen LogP contribution in [0.5, 0.6) is 5.75 Å². The van der Waals surface area contributed by atoms with E-state index in [4.69, 9.17) is 16.3 Å². The molecule has 0 fully saturated rings. The monoisotopic (exact) mass is 303 g/mol. The van der Waals surface area contributed by atoms with Gasteiger partial charge in [-0.25, -0.2) is 0 Å². The van der Waals surface area contributed by atoms with Crippen LogP contribution in [-0.2, 0) is 0 Å². The van der Waals surface area contributed by atoms with Crippen molar-refractivity contribution in [3.05, 3.63) is 64.7 Å². The van der Waals surface area contributed by atoms with Crippen molar-refractivity contribution in [3.63, 3.8) is 0 Å². The molecule has 112 valence electrons. The minimum absolute atomic E-state index is 0.0000444. The first kappa shape index (κ1) is 15.9. The van der Waals surface area contributed by atoms with Gasteiger partial charge in [0.1, 0.15) is 11.9 Å². The number of ether oxygens (including phenoxy) is 1. The van der Waals surface area contributed by atoms with E-state index in [-0.39, 0.29) is 12.1 Å². The molecule has 21 heavy (non-hydrogen) atoms. The Hall–Kier alpha value is -1.51. The van der Waals surface area contributed by atoms with Crippen LogP contribution in [0.15, 0.2) is 48.5 Å². The van der Waals surface area contributed by atoms with E-state index in [2.05, 4.69) is 38.2 Å². The third kappa shape index (κ3) is 4.23. The first-order valence-electron chi connectivity index (χ1n) is 7.36. The summed E-state index contributed by atoms with van der Waals surface area (Å²) in [6.45, 7) is 7.18. The van der Waals surface area contributed by atoms with Gasteiger partial charge < -0.3 is 10.1 Å². The molecule has 0 amide bonds. The lowest BCUT2D eigenvalue weighted by atomic mass is 10.1. The maximum atomic E-state index is 6.16. The first-order valence-corrected chi connectivity index (χ1v) is 7.74. The third-order valence-electron chi connectivity index (χ3n) is 3.52. The van der Waals surface area contributed by atoms with E-state index in [1.54, 1.807) is 0 Å². The van der Waals surface area contributed by atoms with Gasteiger partial charge in [-0.2, -0.15) is 0 Å². The van der Waals surface area contributed by atoms with Gasteiger partial charge in [0, 0.05) is 16.6 Å². The Balaban J connectivity index is 2.23. The van der Waals surface area contributed by atoms with Gasteiger partial charge in [0.2, 0.25) is 0 Å². The molecule has 0 heterocycles. The lowest BCUT2D eigenvalue weighted by Gasteiger charge is -2.21. The molecule has 0 spiro atoms. The molecule has 2 atom stereocenters. The Bertz CT molecular complexity index is 571. The van der Waals surface area contributed by atoms with Crippen molar-refractivity contribution in [2.75, 3.05) is 6.54 Å². The molecule has 2 aromatic rings. The highest BCUT2D eigenvalue weighted by molar-refractivity contribution is 6.30. The fourth-order valence-electron chi connectivity index (χ4n) is 2.36. The Labute approximate surface area is 132 Å². The molecular weight excluding hydrogens is 282 g/mol. The van der Waals surface area contributed by atoms with Crippen LogP contribution in [0.25, 0.3) is 0 Å². The molecule has 0 aliphatic heterocycles. The zero-order valence-corrected chi connectivity index (χ0v) is 13.5. The van der Waals surface area contributed by atoms with E-state index >= 15 is 0 Å². The highest BCUT2D eigenvalue weighted by atomic mass is 35.5. The summed E-state index contributed by atoms with van der Waals surface area (Å²) in [6.07, 6.45) is -0.0000444. The van der Waals surface area contributed by atoms with Crippen molar-refractivity contribution in [1.29, 1.82) is 0 Å². The van der Waals surface area contributed by atoms with Gasteiger partial charge in [0.15, 0.2) is 0 Å². The number of hydrogen-bond donors (Lipinski definition) is 1. The molecule has 2 nitrogen and oxygen atoms in total. The Kier molecular flexibility index (Phi) is 5.66. The summed E-state index contributed by atoms with van der Waals surface area (Å²) in [6, 6.07) is 16.2. The molecule has 2 unspecified atom stereocenters. The highest BCUT2D eigenvalue weighted by Gasteiger charge is 2.14. The number of halogens is 1. The Morgan fingerprint density at radius 1 is 1.10 bits per heavy atom. The van der Waals surface area contributed by atoms with Crippen LogP contribution in [0.2, 0.25) is 5.02 Å². The molecule has 2 rings (SSSR count). The molecule has 2 aromatic carbocycles. The second-order valence-electron chi connectivity index (χ2n) is 5.13. The smallest absolute Gasteiger partial charge is 0.125 e. The highest BCUT2D eigenvalue weighted by Crippen LogP contribution is 2.31. The predicted molar refractivity (Wildman–Crippen MR) is 89.0 cm³/mol. The average molecular weight is 304 g/mol. The van der Waals surface area contributed by atoms with E-state index in [1.807, 2.05) is 36.4 Å². The summed E-state index contributed by atoms with van der Waals surface area (Å²) in [7, 11) is 0. The van der Waals surface area contributed by atoms with E-state index < -0.39 is 0 Å². The van der Waals surface area contributed by atoms with Gasteiger partial charge in [-0.05, 0) is 44.2 Å². The number of hydrogen-bond acceptors (Lipinski definition) is 2. The predicted octanol–water partition coefficient (Wildman–Crippen LogP) is 5.15. The Morgan fingerprint density at radius 2 is 1.81 bits per heavy atom. The molecule has 0 aliphatic carbocycles. The molecule has 0 bridgehead atoms. The van der Waals surface area contributed by atoms with Crippen molar-refractivity contribution in [2.45, 2.75) is 32.9 Å². The largest absolute Gasteiger partial charge is 0.486 e. The minimum Gasteiger partial charge on any atom is -0.486 e. The van der Waals surface area contributed by atoms with Crippen molar-refractivity contribution in [2.24, 2.45) is 0 Å². The normalized spacial score (nSPS) is 13.7. The van der Waals surface area contributed by atoms with Crippen LogP contribution in [-0.4, -0.2) is 6.54 Å². The van der Waals surface area contributed by atoms with E-state index in [9.17, 15) is 0 Å². The Morgan fingerprint density at radius 3 is 2.48 bits per heavy atom. The number of rotatable bonds is 6. The molecule has 0 saturated carbocycles. The summed E-state index contributed by atoms with van der Waals surface area (Å²) in [4.78, 5) is 0. The lowest BCUT2D eigenvalue weighted by Crippen LogP contribution is -2.19. The van der Waals surface area contributed by atoms with Gasteiger partial charge in [-0.15, -0.1) is 0 Å². The van der Waals surface area contributed by atoms with Crippen LogP contribution in [0, 0.1) is 0 Å². The third-order valence-corrected chi connectivity index (χ3v) is 3.76. The second-order valence-corrected chi connectivity index (χ2v) is 5.57. The van der Waals surface area contributed by atoms with Gasteiger partial charge in [-0.3, -0.25) is 0 Å². The molecule has 0 radical (unpaired) electrons. The van der Waals surface area contributed by atoms with Gasteiger partial charge in [0.25, 0.3) is 0 Å². The zero-order chi connectivity index (χ0) is 15.2. The summed E-state index contributed by atoms with van der Waals surface area (Å²) < 4.78 is 6.16. The fourth-order valence-corrected chi connectivity index (χ4v) is 2.54. The molecule has 3 heteroatoms. The summed E-state index contributed by atoms with van der Waals surface area (Å²) in [5.41, 5.74) is 2.25. The molecule has 0 aliphatic rings. The van der Waals surface area contributed by atoms with Gasteiger partial charge in [-0.1, -0.05) is 48.9 Å². The van der Waals surface area contributed by atoms with Crippen molar-refractivity contribution in [3.8, 4) is 5.75 Å². The SMILES string of the molecule is CCNC(C)c1cc(Cl)ccc1OC(C)c1ccccc1. The van der Waals surface area contributed by atoms with E-state index in [1.165, 1.54) is 0 Å². The van der Waals surface area contributed by atoms with Gasteiger partial charge >= 0.3 is 0 Å². The van der Waals surface area contributed by atoms with Gasteiger partial charge in [0.05, 0.1) is 0 Å². The maximum absolute atomic E-state index is 6.16. The molecular formula is C18H22ClNO. The van der Waals surface area contributed by atoms with Crippen LogP contribution in [0.1, 0.15) is 44.0 Å². The van der Waals surface area contributed by atoms with Crippen molar-refractivity contribution < 1.29 is 4.74 Å². The zero-order valence-electron chi connectivity index (χ0n) is 12.8. The molecule has 0 saturated heterocycles. The molecule has 1 N–H and O–H groups in total. The van der Waals surface area contributed by atoms with Crippen molar-refractivity contribution in [1.82, 2.24) is 5.32 Å². The summed E-state index contributed by atoms with van der Waals surface area (Å²) >= 11 is 6.13. The van der Waals surface area contributed by atoms with Crippen molar-refractivity contribution >= 4 is 11.6 Å². The quantitative estimate of drug-likeness (QED) is 0.796. The summed E-state index contributed by atoms with van der Waals surface area (Å²) in [5.74, 6) is 0.879. The maximum Gasteiger partial charge on any atom is 0.125 e. The standard InChI is InChI=1S/C18H22ClNO/c1-4-20-13(2)17-12-16(19)10-11-18(17)21-14(3)15-8-6-5-7-9-15/h5-14,20H,4H2,1-3H3. The second kappa shape index (κ2) is 7.48.